The predicted octanol–water partition coefficient (Wildman–Crippen LogP) is 5.65. The van der Waals surface area contributed by atoms with E-state index in [0.29, 0.717) is 11.2 Å². The van der Waals surface area contributed by atoms with Crippen molar-refractivity contribution in [2.75, 3.05) is 6.54 Å². The number of benzene rings is 2. The minimum atomic E-state index is 0.413. The molecule has 0 bridgehead atoms. The first-order valence-corrected chi connectivity index (χ1v) is 12.8. The molecule has 2 aromatic carbocycles. The van der Waals surface area contributed by atoms with Crippen molar-refractivity contribution >= 4 is 16.9 Å². The van der Waals surface area contributed by atoms with E-state index in [0.717, 1.165) is 47.8 Å². The third kappa shape index (κ3) is 6.21. The van der Waals surface area contributed by atoms with E-state index in [-0.39, 0.29) is 0 Å². The quantitative estimate of drug-likeness (QED) is 0.358. The van der Waals surface area contributed by atoms with Crippen molar-refractivity contribution in [2.24, 2.45) is 4.99 Å². The number of nitrogens with zero attached hydrogens (tertiary/aromatic N) is 5. The van der Waals surface area contributed by atoms with Gasteiger partial charge in [0.15, 0.2) is 5.17 Å². The number of hydrogen-bond acceptors (Lipinski definition) is 6. The molecule has 3 aromatic rings. The zero-order valence-electron chi connectivity index (χ0n) is 19.5. The smallest absolute Gasteiger partial charge is 0.205 e. The van der Waals surface area contributed by atoms with Crippen LogP contribution in [0, 0.1) is 0 Å². The highest BCUT2D eigenvalue weighted by atomic mass is 32.2. The number of aliphatic imine (C=N–C) groups is 1. The number of aromatic amines is 1. The molecular formula is C25H33N7S. The second-order valence-electron chi connectivity index (χ2n) is 8.31. The molecule has 8 heteroatoms. The molecule has 0 spiro atoms. The van der Waals surface area contributed by atoms with E-state index in [9.17, 15) is 0 Å². The number of rotatable bonds is 11. The minimum Gasteiger partial charge on any atom is -0.281 e. The highest BCUT2D eigenvalue weighted by molar-refractivity contribution is 8.14. The third-order valence-corrected chi connectivity index (χ3v) is 6.91. The number of aromatic nitrogens is 4. The molecule has 0 amide bonds. The molecule has 4 rings (SSSR count). The van der Waals surface area contributed by atoms with Crippen LogP contribution in [0.1, 0.15) is 57.9 Å². The zero-order chi connectivity index (χ0) is 22.9. The van der Waals surface area contributed by atoms with Crippen molar-refractivity contribution in [2.45, 2.75) is 64.3 Å². The summed E-state index contributed by atoms with van der Waals surface area (Å²) in [7, 11) is 0. The molecule has 1 aliphatic rings. The summed E-state index contributed by atoms with van der Waals surface area (Å²) in [4.78, 5) is 4.92. The van der Waals surface area contributed by atoms with Crippen LogP contribution in [0.15, 0.2) is 53.5 Å². The Hall–Kier alpha value is -2.71. The summed E-state index contributed by atoms with van der Waals surface area (Å²) in [5.41, 5.74) is 8.13. The van der Waals surface area contributed by atoms with Gasteiger partial charge in [-0.1, -0.05) is 99.8 Å². The Morgan fingerprint density at radius 1 is 0.970 bits per heavy atom. The first-order chi connectivity index (χ1) is 16.3. The van der Waals surface area contributed by atoms with Crippen LogP contribution in [0.5, 0.6) is 0 Å². The van der Waals surface area contributed by atoms with E-state index in [1.807, 2.05) is 30.0 Å². The van der Waals surface area contributed by atoms with Crippen molar-refractivity contribution in [1.29, 1.82) is 0 Å². The summed E-state index contributed by atoms with van der Waals surface area (Å²) in [6.45, 7) is 6.18. The van der Waals surface area contributed by atoms with Gasteiger partial charge in [0.2, 0.25) is 5.82 Å². The van der Waals surface area contributed by atoms with Crippen LogP contribution in [0.2, 0.25) is 0 Å². The Kier molecular flexibility index (Phi) is 8.49. The van der Waals surface area contributed by atoms with Crippen molar-refractivity contribution in [3.8, 4) is 22.5 Å². The summed E-state index contributed by atoms with van der Waals surface area (Å²) >= 11 is 1.88. The molecule has 1 aromatic heterocycles. The number of thioether (sulfide) groups is 1. The third-order valence-electron chi connectivity index (χ3n) is 5.73. The second kappa shape index (κ2) is 12.0. The Balaban J connectivity index is 1.47. The van der Waals surface area contributed by atoms with Gasteiger partial charge in [-0.2, -0.15) is 5.21 Å². The number of amidine groups is 1. The molecule has 0 aliphatic carbocycles. The van der Waals surface area contributed by atoms with Gasteiger partial charge in [-0.05, 0) is 34.7 Å². The van der Waals surface area contributed by atoms with Gasteiger partial charge in [0, 0.05) is 12.1 Å². The van der Waals surface area contributed by atoms with Crippen LogP contribution in [0.25, 0.3) is 22.5 Å². The number of hydrogen-bond donors (Lipinski definition) is 2. The topological polar surface area (TPSA) is 82.1 Å². The van der Waals surface area contributed by atoms with Crippen molar-refractivity contribution in [1.82, 2.24) is 31.1 Å². The summed E-state index contributed by atoms with van der Waals surface area (Å²) in [5, 5.41) is 18.3. The summed E-state index contributed by atoms with van der Waals surface area (Å²) < 4.78 is 0. The SMILES string of the molecule is CCCCCN=C1SC(CCCC)NN1Cc1ccc(-c2ccccc2-c2nn[nH]n2)cc1. The summed E-state index contributed by atoms with van der Waals surface area (Å²) in [6, 6.07) is 16.9. The fourth-order valence-electron chi connectivity index (χ4n) is 3.91. The van der Waals surface area contributed by atoms with Gasteiger partial charge in [0.1, 0.15) is 0 Å². The molecule has 1 aliphatic heterocycles. The standard InChI is InChI=1S/C25H33N7S/c1-3-5-9-17-26-25-32(29-23(33-25)12-6-4-2)18-19-13-15-20(16-14-19)21-10-7-8-11-22(21)24-27-30-31-28-24/h7-8,10-11,13-16,23,29H,3-6,9,12,17-18H2,1-2H3,(H,27,28,30,31). The van der Waals surface area contributed by atoms with Crippen LogP contribution in [0.3, 0.4) is 0 Å². The van der Waals surface area contributed by atoms with E-state index in [4.69, 9.17) is 4.99 Å². The van der Waals surface area contributed by atoms with Crippen molar-refractivity contribution < 1.29 is 0 Å². The van der Waals surface area contributed by atoms with Crippen molar-refractivity contribution in [3.05, 3.63) is 54.1 Å². The molecule has 2 heterocycles. The lowest BCUT2D eigenvalue weighted by Crippen LogP contribution is -2.37. The molecule has 1 fully saturated rings. The highest BCUT2D eigenvalue weighted by Crippen LogP contribution is 2.31. The number of hydrazine groups is 1. The monoisotopic (exact) mass is 463 g/mol. The van der Waals surface area contributed by atoms with Crippen LogP contribution in [-0.4, -0.2) is 42.7 Å². The van der Waals surface area contributed by atoms with E-state index >= 15 is 0 Å². The molecule has 2 N–H and O–H groups in total. The average Bonchev–Trinajstić information content (AvgIpc) is 3.52. The van der Waals surface area contributed by atoms with Gasteiger partial charge in [-0.15, -0.1) is 10.2 Å². The minimum absolute atomic E-state index is 0.413. The number of nitrogens with one attached hydrogen (secondary N) is 2. The fraction of sp³-hybridized carbons (Fsp3) is 0.440. The fourth-order valence-corrected chi connectivity index (χ4v) is 5.04. The molecule has 174 valence electrons. The second-order valence-corrected chi connectivity index (χ2v) is 9.48. The van der Waals surface area contributed by atoms with Gasteiger partial charge in [0.05, 0.1) is 11.9 Å². The normalized spacial score (nSPS) is 17.2. The van der Waals surface area contributed by atoms with E-state index in [1.54, 1.807) is 0 Å². The van der Waals surface area contributed by atoms with Gasteiger partial charge in [0.25, 0.3) is 0 Å². The lowest BCUT2D eigenvalue weighted by Gasteiger charge is -2.19. The van der Waals surface area contributed by atoms with Crippen LogP contribution in [0.4, 0.5) is 0 Å². The molecule has 0 saturated carbocycles. The number of H-pyrrole nitrogens is 1. The van der Waals surface area contributed by atoms with Crippen LogP contribution in [-0.2, 0) is 6.54 Å². The van der Waals surface area contributed by atoms with Gasteiger partial charge < -0.3 is 0 Å². The maximum Gasteiger partial charge on any atom is 0.205 e. The Bertz CT molecular complexity index is 1020. The summed E-state index contributed by atoms with van der Waals surface area (Å²) in [5.74, 6) is 0.606. The molecule has 1 saturated heterocycles. The Morgan fingerprint density at radius 3 is 2.48 bits per heavy atom. The highest BCUT2D eigenvalue weighted by Gasteiger charge is 2.27. The number of tetrazole rings is 1. The summed E-state index contributed by atoms with van der Waals surface area (Å²) in [6.07, 6.45) is 7.23. The molecule has 1 unspecified atom stereocenters. The largest absolute Gasteiger partial charge is 0.281 e. The van der Waals surface area contributed by atoms with Crippen LogP contribution >= 0.6 is 11.8 Å². The maximum atomic E-state index is 4.92. The van der Waals surface area contributed by atoms with Crippen molar-refractivity contribution in [3.63, 3.8) is 0 Å². The lowest BCUT2D eigenvalue weighted by atomic mass is 9.98. The van der Waals surface area contributed by atoms with Gasteiger partial charge in [-0.3, -0.25) is 10.0 Å². The van der Waals surface area contributed by atoms with E-state index in [2.05, 4.69) is 75.2 Å². The molecule has 33 heavy (non-hydrogen) atoms. The van der Waals surface area contributed by atoms with E-state index < -0.39 is 0 Å². The van der Waals surface area contributed by atoms with Gasteiger partial charge >= 0.3 is 0 Å². The number of unbranched alkanes of at least 4 members (excludes halogenated alkanes) is 3. The van der Waals surface area contributed by atoms with Gasteiger partial charge in [-0.25, -0.2) is 5.43 Å². The first-order valence-electron chi connectivity index (χ1n) is 12.0. The first kappa shape index (κ1) is 23.4. The zero-order valence-corrected chi connectivity index (χ0v) is 20.3. The maximum absolute atomic E-state index is 4.92. The molecular weight excluding hydrogens is 430 g/mol. The van der Waals surface area contributed by atoms with E-state index in [1.165, 1.54) is 31.2 Å². The average molecular weight is 464 g/mol. The molecule has 1 atom stereocenters. The molecule has 7 nitrogen and oxygen atoms in total. The Labute approximate surface area is 200 Å². The lowest BCUT2D eigenvalue weighted by molar-refractivity contribution is 0.300. The molecule has 0 radical (unpaired) electrons. The Morgan fingerprint density at radius 2 is 1.76 bits per heavy atom. The predicted molar refractivity (Wildman–Crippen MR) is 136 cm³/mol. The van der Waals surface area contributed by atoms with Crippen LogP contribution < -0.4 is 5.43 Å².